The van der Waals surface area contributed by atoms with Gasteiger partial charge < -0.3 is 30.0 Å². The van der Waals surface area contributed by atoms with Crippen LogP contribution in [0.4, 0.5) is 18.9 Å². The number of anilines is 1. The van der Waals surface area contributed by atoms with Gasteiger partial charge in [0.25, 0.3) is 0 Å². The molecular weight excluding hydrogens is 688 g/mol. The number of aromatic carboxylic acids is 2. The minimum Gasteiger partial charge on any atom is -0.477 e. The quantitative estimate of drug-likeness (QED) is 0.212. The lowest BCUT2D eigenvalue weighted by Gasteiger charge is -2.27. The number of benzene rings is 2. The molecule has 49 heavy (non-hydrogen) atoms. The fourth-order valence-corrected chi connectivity index (χ4v) is 7.36. The lowest BCUT2D eigenvalue weighted by atomic mass is 9.85. The van der Waals surface area contributed by atoms with Crippen molar-refractivity contribution >= 4 is 62.6 Å². The van der Waals surface area contributed by atoms with Gasteiger partial charge in [0.1, 0.15) is 22.0 Å². The van der Waals surface area contributed by atoms with E-state index >= 15 is 4.39 Å². The second kappa shape index (κ2) is 11.8. The largest absolute Gasteiger partial charge is 0.477 e. The van der Waals surface area contributed by atoms with Gasteiger partial charge in [-0.05, 0) is 37.8 Å². The predicted molar refractivity (Wildman–Crippen MR) is 178 cm³/mol. The third-order valence-corrected chi connectivity index (χ3v) is 10.1. The molecule has 4 aliphatic rings. The molecule has 0 unspecified atom stereocenters. The number of halogens is 5. The number of nitrogens with two attached hydrogens (primary N) is 1. The Morgan fingerprint density at radius 1 is 0.816 bits per heavy atom. The highest BCUT2D eigenvalue weighted by atomic mass is 35.5. The van der Waals surface area contributed by atoms with Crippen molar-refractivity contribution in [2.45, 2.75) is 43.3 Å². The minimum atomic E-state index is -1.41. The van der Waals surface area contributed by atoms with Crippen LogP contribution in [0.15, 0.2) is 58.4 Å². The number of hydrogen-bond donors (Lipinski definition) is 3. The second-order valence-electron chi connectivity index (χ2n) is 12.8. The first-order valence-corrected chi connectivity index (χ1v) is 16.1. The predicted octanol–water partition coefficient (Wildman–Crippen LogP) is 6.05. The Labute approximate surface area is 285 Å². The van der Waals surface area contributed by atoms with Crippen LogP contribution in [0.3, 0.4) is 0 Å². The van der Waals surface area contributed by atoms with E-state index in [-0.39, 0.29) is 50.6 Å². The average Bonchev–Trinajstić information content (AvgIpc) is 3.98. The maximum absolute atomic E-state index is 15.2. The molecule has 4 N–H and O–H groups in total. The Morgan fingerprint density at radius 3 is 1.82 bits per heavy atom. The van der Waals surface area contributed by atoms with Crippen molar-refractivity contribution in [3.8, 4) is 0 Å². The number of rotatable bonds is 5. The van der Waals surface area contributed by atoms with Crippen molar-refractivity contribution in [3.05, 3.63) is 108 Å². The normalized spacial score (nSPS) is 21.2. The number of allylic oxidation sites excluding steroid dienone is 2. The van der Waals surface area contributed by atoms with Crippen LogP contribution in [0, 0.1) is 23.4 Å². The van der Waals surface area contributed by atoms with Gasteiger partial charge in [0.05, 0.1) is 38.1 Å². The minimum absolute atomic E-state index is 0.0121. The highest BCUT2D eigenvalue weighted by Gasteiger charge is 2.43. The molecule has 254 valence electrons. The van der Waals surface area contributed by atoms with Gasteiger partial charge in [0, 0.05) is 43.5 Å². The molecule has 4 aromatic rings. The van der Waals surface area contributed by atoms with E-state index < -0.39 is 56.4 Å². The summed E-state index contributed by atoms with van der Waals surface area (Å²) < 4.78 is 45.4. The molecule has 8 rings (SSSR count). The summed E-state index contributed by atoms with van der Waals surface area (Å²) in [6.45, 7) is 0.891. The first kappa shape index (κ1) is 32.9. The molecule has 3 fully saturated rings. The Kier molecular flexibility index (Phi) is 7.92. The van der Waals surface area contributed by atoms with Gasteiger partial charge in [0.15, 0.2) is 11.6 Å². The van der Waals surface area contributed by atoms with Crippen LogP contribution < -0.4 is 21.5 Å². The first-order valence-electron chi connectivity index (χ1n) is 15.4. The summed E-state index contributed by atoms with van der Waals surface area (Å²) in [5, 5.41) is 17.8. The molecule has 0 radical (unpaired) electrons. The summed E-state index contributed by atoms with van der Waals surface area (Å²) in [7, 11) is 0. The fourth-order valence-electron chi connectivity index (χ4n) is 6.67. The van der Waals surface area contributed by atoms with Crippen molar-refractivity contribution in [1.82, 2.24) is 9.13 Å². The van der Waals surface area contributed by atoms with E-state index in [4.69, 9.17) is 34.0 Å². The van der Waals surface area contributed by atoms with E-state index in [0.717, 1.165) is 37.9 Å². The Morgan fingerprint density at radius 2 is 1.33 bits per heavy atom. The summed E-state index contributed by atoms with van der Waals surface area (Å²) in [5.41, 5.74) is 4.07. The van der Waals surface area contributed by atoms with Crippen molar-refractivity contribution < 1.29 is 33.0 Å². The maximum atomic E-state index is 15.2. The molecule has 2 saturated carbocycles. The van der Waals surface area contributed by atoms with Crippen LogP contribution >= 0.6 is 23.2 Å². The van der Waals surface area contributed by atoms with Crippen LogP contribution in [-0.2, 0) is 0 Å². The zero-order valence-electron chi connectivity index (χ0n) is 25.4. The third-order valence-electron chi connectivity index (χ3n) is 9.43. The van der Waals surface area contributed by atoms with E-state index in [0.29, 0.717) is 24.7 Å². The van der Waals surface area contributed by atoms with Gasteiger partial charge in [-0.25, -0.2) is 22.8 Å². The van der Waals surface area contributed by atoms with E-state index in [1.807, 2.05) is 29.2 Å². The summed E-state index contributed by atoms with van der Waals surface area (Å²) >= 11 is 12.5. The SMILES string of the molecule is N[C@]12C=CC=C[C@H]1CN(c1c(F)cc3c(=O)c(C(=O)O)cn(C4CC4)c3c1Cl)C2.O=C(O)c1cn(C2CC2)c2c(Cl)c(F)c(F)cc2c1=O. The van der Waals surface area contributed by atoms with Crippen LogP contribution in [-0.4, -0.2) is 49.9 Å². The molecular formula is C34H27Cl2F3N4O6. The van der Waals surface area contributed by atoms with E-state index in [1.165, 1.54) is 10.8 Å². The lowest BCUT2D eigenvalue weighted by molar-refractivity contribution is 0.0684. The zero-order chi connectivity index (χ0) is 35.1. The first-order chi connectivity index (χ1) is 23.2. The number of carboxylic acid groups (broad SMARTS) is 2. The number of carboxylic acids is 2. The Bertz CT molecular complexity index is 2310. The fraction of sp³-hybridized carbons (Fsp3) is 0.294. The number of nitrogens with zero attached hydrogens (tertiary/aromatic N) is 3. The van der Waals surface area contributed by atoms with Crippen LogP contribution in [0.1, 0.15) is 58.5 Å². The van der Waals surface area contributed by atoms with Gasteiger partial charge in [-0.1, -0.05) is 47.5 Å². The van der Waals surface area contributed by atoms with Gasteiger partial charge in [0.2, 0.25) is 10.9 Å². The average molecular weight is 716 g/mol. The Hall–Kier alpha value is -4.59. The summed E-state index contributed by atoms with van der Waals surface area (Å²) in [6, 6.07) is 1.82. The molecule has 15 heteroatoms. The standard InChI is InChI=1S/C21H19ClFN3O3.C13H8ClF2NO3/c22-16-17-13(19(27)14(20(28)29)9-26(17)12-4-5-12)7-15(23)18(16)25-8-11-3-1-2-6-21(11,24)10-25;14-9-10(16)8(15)3-6-11(9)17(5-1-2-5)4-7(12(6)18)13(19)20/h1-3,6-7,9,11-12H,4-5,8,10,24H2,(H,28,29);3-5H,1-2H2,(H,19,20)/t11-,21-;/m0./s1. The van der Waals surface area contributed by atoms with E-state index in [9.17, 15) is 33.1 Å². The molecule has 3 heterocycles. The van der Waals surface area contributed by atoms with Crippen molar-refractivity contribution in [2.24, 2.45) is 11.7 Å². The van der Waals surface area contributed by atoms with Crippen LogP contribution in [0.2, 0.25) is 10.0 Å². The number of pyridine rings is 2. The molecule has 1 aliphatic heterocycles. The number of hydrogen-bond acceptors (Lipinski definition) is 6. The molecule has 1 saturated heterocycles. The van der Waals surface area contributed by atoms with Crippen molar-refractivity contribution in [1.29, 1.82) is 0 Å². The maximum Gasteiger partial charge on any atom is 0.341 e. The smallest absolute Gasteiger partial charge is 0.341 e. The van der Waals surface area contributed by atoms with Crippen LogP contribution in [0.25, 0.3) is 21.8 Å². The highest BCUT2D eigenvalue weighted by Crippen LogP contribution is 2.44. The molecule has 3 aliphatic carbocycles. The molecule has 0 amide bonds. The molecule has 2 atom stereocenters. The summed E-state index contributed by atoms with van der Waals surface area (Å²) in [4.78, 5) is 49.1. The molecule has 0 bridgehead atoms. The van der Waals surface area contributed by atoms with E-state index in [2.05, 4.69) is 0 Å². The van der Waals surface area contributed by atoms with Gasteiger partial charge in [-0.2, -0.15) is 0 Å². The van der Waals surface area contributed by atoms with Crippen molar-refractivity contribution in [3.63, 3.8) is 0 Å². The number of aromatic nitrogens is 2. The van der Waals surface area contributed by atoms with Gasteiger partial charge in [-0.3, -0.25) is 9.59 Å². The number of carbonyl (C=O) groups is 2. The van der Waals surface area contributed by atoms with Gasteiger partial charge >= 0.3 is 11.9 Å². The molecule has 2 aromatic carbocycles. The highest BCUT2D eigenvalue weighted by molar-refractivity contribution is 6.38. The van der Waals surface area contributed by atoms with Crippen LogP contribution in [0.5, 0.6) is 0 Å². The topological polar surface area (TPSA) is 148 Å². The molecule has 2 aromatic heterocycles. The molecule has 0 spiro atoms. The summed E-state index contributed by atoms with van der Waals surface area (Å²) in [6.07, 6.45) is 13.5. The third kappa shape index (κ3) is 5.49. The van der Waals surface area contributed by atoms with Crippen molar-refractivity contribution in [2.75, 3.05) is 18.0 Å². The van der Waals surface area contributed by atoms with E-state index in [1.54, 1.807) is 4.57 Å². The molecule has 10 nitrogen and oxygen atoms in total. The van der Waals surface area contributed by atoms with Gasteiger partial charge in [-0.15, -0.1) is 0 Å². The monoisotopic (exact) mass is 714 g/mol. The zero-order valence-corrected chi connectivity index (χ0v) is 26.9. The lowest BCUT2D eigenvalue weighted by Crippen LogP contribution is -2.46. The Balaban J connectivity index is 0.000000166. The summed E-state index contributed by atoms with van der Waals surface area (Å²) in [5.74, 6) is -5.88. The number of fused-ring (bicyclic) bond motifs is 3. The second-order valence-corrected chi connectivity index (χ2v) is 13.5.